The maximum absolute atomic E-state index is 12.3. The van der Waals surface area contributed by atoms with Crippen LogP contribution in [0.5, 0.6) is 0 Å². The van der Waals surface area contributed by atoms with Gasteiger partial charge in [0, 0.05) is 18.7 Å². The molecule has 2 aromatic heterocycles. The molecule has 0 saturated carbocycles. The molecule has 30 heavy (non-hydrogen) atoms. The Balaban J connectivity index is 1.59. The molecule has 0 radical (unpaired) electrons. The Hall–Kier alpha value is -2.91. The van der Waals surface area contributed by atoms with Crippen molar-refractivity contribution in [3.63, 3.8) is 0 Å². The zero-order chi connectivity index (χ0) is 21.1. The number of sulfonamides is 1. The van der Waals surface area contributed by atoms with Crippen LogP contribution in [-0.4, -0.2) is 51.7 Å². The molecular weight excluding hydrogens is 402 g/mol. The van der Waals surface area contributed by atoms with E-state index in [1.165, 1.54) is 4.31 Å². The predicted molar refractivity (Wildman–Crippen MR) is 114 cm³/mol. The summed E-state index contributed by atoms with van der Waals surface area (Å²) < 4.78 is 31.9. The molecule has 0 atom stereocenters. The zero-order valence-electron chi connectivity index (χ0n) is 16.9. The van der Waals surface area contributed by atoms with E-state index < -0.39 is 10.0 Å². The largest absolute Gasteiger partial charge is 0.415 e. The Morgan fingerprint density at radius 3 is 2.60 bits per heavy atom. The van der Waals surface area contributed by atoms with E-state index in [1.807, 2.05) is 50.3 Å². The van der Waals surface area contributed by atoms with Gasteiger partial charge in [0.2, 0.25) is 15.9 Å². The molecule has 0 unspecified atom stereocenters. The van der Waals surface area contributed by atoms with Crippen molar-refractivity contribution in [2.45, 2.75) is 26.7 Å². The Labute approximate surface area is 175 Å². The summed E-state index contributed by atoms with van der Waals surface area (Å²) in [6, 6.07) is 9.54. The van der Waals surface area contributed by atoms with E-state index >= 15 is 0 Å². The molecule has 1 aromatic carbocycles. The Morgan fingerprint density at radius 1 is 1.13 bits per heavy atom. The number of hydrogen-bond acceptors (Lipinski definition) is 7. The van der Waals surface area contributed by atoms with Gasteiger partial charge in [-0.3, -0.25) is 4.98 Å². The zero-order valence-corrected chi connectivity index (χ0v) is 17.8. The number of hydrogen-bond donors (Lipinski definition) is 0. The van der Waals surface area contributed by atoms with Crippen LogP contribution >= 0.6 is 0 Å². The van der Waals surface area contributed by atoms with Crippen molar-refractivity contribution in [2.24, 2.45) is 0 Å². The minimum absolute atomic E-state index is 0.172. The number of aromatic nitrogens is 4. The number of aryl methyl sites for hydroxylation is 1. The van der Waals surface area contributed by atoms with Crippen molar-refractivity contribution < 1.29 is 12.8 Å². The molecule has 1 aliphatic heterocycles. The third-order valence-corrected chi connectivity index (χ3v) is 7.00. The SMILES string of the molecule is CCCS(=O)(=O)N1CC=C(c2cnc(C)c(-c3nnc(-c4ccccc4)o3)n2)CC1. The second-order valence-electron chi connectivity index (χ2n) is 7.12. The summed E-state index contributed by atoms with van der Waals surface area (Å²) in [7, 11) is -3.20. The van der Waals surface area contributed by atoms with E-state index in [0.29, 0.717) is 54.8 Å². The highest BCUT2D eigenvalue weighted by molar-refractivity contribution is 7.89. The molecular formula is C21H23N5O3S. The van der Waals surface area contributed by atoms with Gasteiger partial charge in [-0.2, -0.15) is 4.31 Å². The van der Waals surface area contributed by atoms with Crippen molar-refractivity contribution in [2.75, 3.05) is 18.8 Å². The summed E-state index contributed by atoms with van der Waals surface area (Å²) in [5, 5.41) is 8.28. The Morgan fingerprint density at radius 2 is 1.90 bits per heavy atom. The standard InChI is InChI=1S/C21H23N5O3S/c1-3-13-30(27,28)26-11-9-16(10-12-26)18-14-22-15(2)19(23-18)21-25-24-20(29-21)17-7-5-4-6-8-17/h4-9,14H,3,10-13H2,1-2H3. The third kappa shape index (κ3) is 4.17. The van der Waals surface area contributed by atoms with Gasteiger partial charge in [0.25, 0.3) is 5.89 Å². The smallest absolute Gasteiger partial charge is 0.268 e. The fourth-order valence-corrected chi connectivity index (χ4v) is 4.79. The molecule has 8 nitrogen and oxygen atoms in total. The summed E-state index contributed by atoms with van der Waals surface area (Å²) in [5.74, 6) is 0.904. The fourth-order valence-electron chi connectivity index (χ4n) is 3.35. The van der Waals surface area contributed by atoms with Gasteiger partial charge in [-0.1, -0.05) is 31.2 Å². The van der Waals surface area contributed by atoms with Gasteiger partial charge in [0.15, 0.2) is 0 Å². The lowest BCUT2D eigenvalue weighted by atomic mass is 10.1. The van der Waals surface area contributed by atoms with Gasteiger partial charge < -0.3 is 4.42 Å². The highest BCUT2D eigenvalue weighted by Crippen LogP contribution is 2.27. The highest BCUT2D eigenvalue weighted by atomic mass is 32.2. The van der Waals surface area contributed by atoms with E-state index in [0.717, 1.165) is 11.1 Å². The van der Waals surface area contributed by atoms with Crippen molar-refractivity contribution >= 4 is 15.6 Å². The molecule has 0 saturated heterocycles. The van der Waals surface area contributed by atoms with Crippen LogP contribution in [0.1, 0.15) is 31.2 Å². The topological polar surface area (TPSA) is 102 Å². The Kier molecular flexibility index (Phi) is 5.74. The van der Waals surface area contributed by atoms with Crippen LogP contribution in [0.15, 0.2) is 47.0 Å². The molecule has 156 valence electrons. The molecule has 9 heteroatoms. The van der Waals surface area contributed by atoms with Crippen molar-refractivity contribution in [1.82, 2.24) is 24.5 Å². The van der Waals surface area contributed by atoms with Crippen LogP contribution in [0.4, 0.5) is 0 Å². The maximum atomic E-state index is 12.3. The first-order valence-corrected chi connectivity index (χ1v) is 11.5. The summed E-state index contributed by atoms with van der Waals surface area (Å²) in [6.07, 6.45) is 4.80. The lowest BCUT2D eigenvalue weighted by Crippen LogP contribution is -2.36. The number of nitrogens with zero attached hydrogens (tertiary/aromatic N) is 5. The average molecular weight is 426 g/mol. The van der Waals surface area contributed by atoms with E-state index in [4.69, 9.17) is 9.40 Å². The van der Waals surface area contributed by atoms with Gasteiger partial charge >= 0.3 is 0 Å². The third-order valence-electron chi connectivity index (χ3n) is 4.96. The second-order valence-corrected chi connectivity index (χ2v) is 9.21. The van der Waals surface area contributed by atoms with Crippen LogP contribution in [-0.2, 0) is 10.0 Å². The molecule has 4 rings (SSSR count). The summed E-state index contributed by atoms with van der Waals surface area (Å²) in [6.45, 7) is 4.50. The summed E-state index contributed by atoms with van der Waals surface area (Å²) in [4.78, 5) is 9.15. The summed E-state index contributed by atoms with van der Waals surface area (Å²) in [5.41, 5.74) is 3.72. The number of benzene rings is 1. The van der Waals surface area contributed by atoms with Gasteiger partial charge in [-0.25, -0.2) is 13.4 Å². The van der Waals surface area contributed by atoms with Gasteiger partial charge in [-0.05, 0) is 37.5 Å². The molecule has 0 N–H and O–H groups in total. The van der Waals surface area contributed by atoms with Crippen LogP contribution in [0.3, 0.4) is 0 Å². The van der Waals surface area contributed by atoms with Gasteiger partial charge in [-0.15, -0.1) is 10.2 Å². The monoisotopic (exact) mass is 425 g/mol. The highest BCUT2D eigenvalue weighted by Gasteiger charge is 2.24. The summed E-state index contributed by atoms with van der Waals surface area (Å²) >= 11 is 0. The minimum Gasteiger partial charge on any atom is -0.415 e. The van der Waals surface area contributed by atoms with Crippen LogP contribution in [0.25, 0.3) is 28.6 Å². The van der Waals surface area contributed by atoms with Crippen LogP contribution < -0.4 is 0 Å². The first-order valence-electron chi connectivity index (χ1n) is 9.88. The van der Waals surface area contributed by atoms with E-state index in [-0.39, 0.29) is 5.75 Å². The predicted octanol–water partition coefficient (Wildman–Crippen LogP) is 3.33. The molecule has 0 fully saturated rings. The number of rotatable bonds is 6. The molecule has 0 bridgehead atoms. The molecule has 0 amide bonds. The first-order chi connectivity index (χ1) is 14.5. The fraction of sp³-hybridized carbons (Fsp3) is 0.333. The first kappa shape index (κ1) is 20.4. The van der Waals surface area contributed by atoms with Crippen LogP contribution in [0.2, 0.25) is 0 Å². The lowest BCUT2D eigenvalue weighted by molar-refractivity contribution is 0.440. The van der Waals surface area contributed by atoms with E-state index in [1.54, 1.807) is 6.20 Å². The quantitative estimate of drug-likeness (QED) is 0.597. The van der Waals surface area contributed by atoms with Gasteiger partial charge in [0.1, 0.15) is 5.69 Å². The van der Waals surface area contributed by atoms with Gasteiger partial charge in [0.05, 0.1) is 23.3 Å². The van der Waals surface area contributed by atoms with Crippen LogP contribution in [0, 0.1) is 6.92 Å². The van der Waals surface area contributed by atoms with Crippen molar-refractivity contribution in [3.8, 4) is 23.0 Å². The van der Waals surface area contributed by atoms with Crippen molar-refractivity contribution in [1.29, 1.82) is 0 Å². The molecule has 3 heterocycles. The second kappa shape index (κ2) is 8.45. The lowest BCUT2D eigenvalue weighted by Gasteiger charge is -2.25. The molecule has 3 aromatic rings. The molecule has 0 spiro atoms. The average Bonchev–Trinajstić information content (AvgIpc) is 3.25. The minimum atomic E-state index is -3.20. The molecule has 1 aliphatic rings. The maximum Gasteiger partial charge on any atom is 0.268 e. The van der Waals surface area contributed by atoms with Crippen molar-refractivity contribution in [3.05, 3.63) is 54.0 Å². The van der Waals surface area contributed by atoms with E-state index in [9.17, 15) is 8.42 Å². The molecule has 0 aliphatic carbocycles. The van der Waals surface area contributed by atoms with E-state index in [2.05, 4.69) is 15.2 Å². The normalized spacial score (nSPS) is 15.2. The Bertz CT molecular complexity index is 1170.